The van der Waals surface area contributed by atoms with Crippen molar-refractivity contribution >= 4 is 57.6 Å². The lowest BCUT2D eigenvalue weighted by Gasteiger charge is -2.50. The maximum absolute atomic E-state index is 12.8. The van der Waals surface area contributed by atoms with Crippen LogP contribution in [0.4, 0.5) is 5.13 Å². The van der Waals surface area contributed by atoms with E-state index in [0.717, 1.165) is 29.0 Å². The smallest absolute Gasteiger partial charge is 0.339 e. The van der Waals surface area contributed by atoms with Crippen LogP contribution in [-0.2, 0) is 16.6 Å². The Labute approximate surface area is 212 Å². The quantitative estimate of drug-likeness (QED) is 0.177. The minimum absolute atomic E-state index is 0.210. The van der Waals surface area contributed by atoms with Crippen molar-refractivity contribution in [3.63, 3.8) is 0 Å². The molecule has 0 radical (unpaired) electrons. The summed E-state index contributed by atoms with van der Waals surface area (Å²) in [4.78, 5) is 70.5. The molecule has 1 saturated heterocycles. The molecule has 0 bridgehead atoms. The molecule has 2 aliphatic heterocycles. The summed E-state index contributed by atoms with van der Waals surface area (Å²) in [6.45, 7) is 4.55. The summed E-state index contributed by atoms with van der Waals surface area (Å²) in [5, 5.41) is 8.68. The first-order valence-electron chi connectivity index (χ1n) is 10.7. The van der Waals surface area contributed by atoms with Crippen molar-refractivity contribution in [2.45, 2.75) is 36.8 Å². The molecule has 2 atom stereocenters. The van der Waals surface area contributed by atoms with E-state index in [9.17, 15) is 24.0 Å². The first-order valence-corrected chi connectivity index (χ1v) is 13.5. The Morgan fingerprint density at radius 2 is 2.09 bits per heavy atom. The van der Waals surface area contributed by atoms with E-state index < -0.39 is 28.9 Å². The second-order valence-corrected chi connectivity index (χ2v) is 10.9. The molecule has 0 spiro atoms. The van der Waals surface area contributed by atoms with Gasteiger partial charge >= 0.3 is 11.1 Å². The van der Waals surface area contributed by atoms with Gasteiger partial charge in [0.05, 0.1) is 6.20 Å². The fourth-order valence-corrected chi connectivity index (χ4v) is 6.86. The molecule has 2 aliphatic rings. The summed E-state index contributed by atoms with van der Waals surface area (Å²) < 4.78 is 1.38. The largest absolute Gasteiger partial charge is 0.362 e. The molecular formula is C20H23N7O5S3. The molecule has 2 aromatic heterocycles. The molecule has 2 aromatic rings. The lowest BCUT2D eigenvalue weighted by Crippen LogP contribution is -2.70. The molecule has 186 valence electrons. The number of allylic oxidation sites excluding steroid dienone is 1. The van der Waals surface area contributed by atoms with Gasteiger partial charge in [-0.3, -0.25) is 38.7 Å². The summed E-state index contributed by atoms with van der Waals surface area (Å²) in [6, 6.07) is -0.784. The molecular weight excluding hydrogens is 514 g/mol. The number of fused-ring (bicyclic) bond motifs is 1. The Kier molecular flexibility index (Phi) is 7.47. The normalized spacial score (nSPS) is 19.3. The number of rotatable bonds is 9. The fourth-order valence-electron chi connectivity index (χ4n) is 3.48. The van der Waals surface area contributed by atoms with E-state index in [1.54, 1.807) is 11.9 Å². The maximum Gasteiger partial charge on any atom is 0.339 e. The van der Waals surface area contributed by atoms with Gasteiger partial charge in [-0.2, -0.15) is 4.98 Å². The number of nitrogens with one attached hydrogen (secondary N) is 3. The van der Waals surface area contributed by atoms with E-state index in [1.165, 1.54) is 34.4 Å². The highest BCUT2D eigenvalue weighted by atomic mass is 32.2. The topological polar surface area (TPSA) is 159 Å². The van der Waals surface area contributed by atoms with Crippen molar-refractivity contribution in [2.75, 3.05) is 23.4 Å². The molecule has 35 heavy (non-hydrogen) atoms. The number of ketones is 1. The van der Waals surface area contributed by atoms with E-state index in [2.05, 4.69) is 25.7 Å². The summed E-state index contributed by atoms with van der Waals surface area (Å²) >= 11 is 3.87. The average molecular weight is 538 g/mol. The van der Waals surface area contributed by atoms with Crippen LogP contribution in [-0.4, -0.2) is 71.7 Å². The summed E-state index contributed by atoms with van der Waals surface area (Å²) in [7, 11) is 1.59. The van der Waals surface area contributed by atoms with Gasteiger partial charge in [0.2, 0.25) is 0 Å². The minimum Gasteiger partial charge on any atom is -0.362 e. The number of hydrogen-bond acceptors (Lipinski definition) is 11. The third-order valence-corrected chi connectivity index (χ3v) is 8.83. The molecule has 0 aromatic carbocycles. The minimum atomic E-state index is -0.854. The van der Waals surface area contributed by atoms with Gasteiger partial charge < -0.3 is 10.6 Å². The number of thiazole rings is 1. The van der Waals surface area contributed by atoms with Crippen LogP contribution < -0.4 is 21.8 Å². The molecule has 4 heterocycles. The van der Waals surface area contributed by atoms with Crippen LogP contribution in [0.1, 0.15) is 29.9 Å². The Morgan fingerprint density at radius 3 is 2.83 bits per heavy atom. The summed E-state index contributed by atoms with van der Waals surface area (Å²) in [6.07, 6.45) is 2.26. The molecule has 3 N–H and O–H groups in total. The highest BCUT2D eigenvalue weighted by Gasteiger charge is 2.52. The van der Waals surface area contributed by atoms with Crippen LogP contribution in [0.2, 0.25) is 0 Å². The summed E-state index contributed by atoms with van der Waals surface area (Å²) in [5.74, 6) is -0.763. The van der Waals surface area contributed by atoms with E-state index in [0.29, 0.717) is 28.3 Å². The first-order chi connectivity index (χ1) is 16.7. The monoisotopic (exact) mass is 537 g/mol. The third-order valence-electron chi connectivity index (χ3n) is 5.42. The number of Topliss-reactive ketones (excluding diaryl/α,β-unsaturated/α-hetero) is 1. The number of nitrogens with zero attached hydrogens (tertiary/aromatic N) is 4. The number of anilines is 1. The van der Waals surface area contributed by atoms with Crippen molar-refractivity contribution in [1.82, 2.24) is 30.0 Å². The zero-order valence-corrected chi connectivity index (χ0v) is 21.6. The maximum atomic E-state index is 12.8. The number of amides is 2. The lowest BCUT2D eigenvalue weighted by atomic mass is 10.0. The summed E-state index contributed by atoms with van der Waals surface area (Å²) in [5.41, 5.74) is 0.103. The van der Waals surface area contributed by atoms with Crippen molar-refractivity contribution in [2.24, 2.45) is 7.05 Å². The van der Waals surface area contributed by atoms with E-state index in [1.807, 2.05) is 13.8 Å². The molecule has 1 fully saturated rings. The van der Waals surface area contributed by atoms with Crippen molar-refractivity contribution in [1.29, 1.82) is 0 Å². The number of hydrogen-bond donors (Lipinski definition) is 3. The van der Waals surface area contributed by atoms with Gasteiger partial charge in [0.1, 0.15) is 16.3 Å². The van der Waals surface area contributed by atoms with Gasteiger partial charge in [0.25, 0.3) is 17.6 Å². The van der Waals surface area contributed by atoms with Crippen LogP contribution in [0, 0.1) is 0 Å². The van der Waals surface area contributed by atoms with E-state index in [4.69, 9.17) is 0 Å². The van der Waals surface area contributed by atoms with Crippen molar-refractivity contribution < 1.29 is 14.4 Å². The number of carbonyl (C=O) groups excluding carboxylic acids is 3. The molecule has 0 saturated carbocycles. The number of aromatic nitrogens is 4. The molecule has 2 unspecified atom stereocenters. The third kappa shape index (κ3) is 5.06. The Morgan fingerprint density at radius 1 is 1.31 bits per heavy atom. The first kappa shape index (κ1) is 25.2. The highest BCUT2D eigenvalue weighted by molar-refractivity contribution is 8.01. The fraction of sp³-hybridized carbons (Fsp3) is 0.450. The van der Waals surface area contributed by atoms with Gasteiger partial charge in [-0.15, -0.1) is 11.8 Å². The highest BCUT2D eigenvalue weighted by Crippen LogP contribution is 2.41. The second kappa shape index (κ2) is 10.4. The SMILES string of the molecule is CCCNc1ncc(C(=O)C(=O)NC2C(=O)N3C(C)=C(CSc4nc(=O)c(=O)[nH]n4C)CSC23)s1. The molecule has 15 heteroatoms. The van der Waals surface area contributed by atoms with E-state index in [-0.39, 0.29) is 16.2 Å². The Hall–Kier alpha value is -2.91. The standard InChI is InChI=1S/C20H23N7O5S3/c1-4-5-21-19-22-6-11(35-19)13(28)14(29)23-12-17(32)27-9(2)10(7-33-18(12)27)8-34-20-24-15(30)16(31)25-26(20)3/h6,12,18H,4-5,7-8H2,1-3H3,(H,21,22)(H,23,29)(H,25,31). The number of thioether (sulfide) groups is 2. The van der Waals surface area contributed by atoms with Gasteiger partial charge in [-0.25, -0.2) is 4.98 Å². The van der Waals surface area contributed by atoms with Crippen LogP contribution in [0.25, 0.3) is 0 Å². The molecule has 2 amide bonds. The van der Waals surface area contributed by atoms with Crippen molar-refractivity contribution in [3.05, 3.63) is 43.1 Å². The molecule has 4 rings (SSSR count). The van der Waals surface area contributed by atoms with Crippen LogP contribution in [0.3, 0.4) is 0 Å². The van der Waals surface area contributed by atoms with Gasteiger partial charge in [0, 0.05) is 30.8 Å². The van der Waals surface area contributed by atoms with Crippen LogP contribution in [0.5, 0.6) is 0 Å². The number of carbonyl (C=O) groups is 3. The number of aryl methyl sites for hydroxylation is 1. The van der Waals surface area contributed by atoms with Crippen LogP contribution in [0.15, 0.2) is 32.2 Å². The average Bonchev–Trinajstić information content (AvgIpc) is 3.31. The van der Waals surface area contributed by atoms with Crippen LogP contribution >= 0.6 is 34.9 Å². The van der Waals surface area contributed by atoms with Crippen molar-refractivity contribution in [3.8, 4) is 0 Å². The predicted octanol–water partition coefficient (Wildman–Crippen LogP) is 0.396. The predicted molar refractivity (Wildman–Crippen MR) is 134 cm³/mol. The molecule has 12 nitrogen and oxygen atoms in total. The van der Waals surface area contributed by atoms with E-state index >= 15 is 0 Å². The zero-order valence-electron chi connectivity index (χ0n) is 19.1. The van der Waals surface area contributed by atoms with Gasteiger partial charge in [-0.1, -0.05) is 30.0 Å². The number of aromatic amines is 1. The van der Waals surface area contributed by atoms with Gasteiger partial charge in [0.15, 0.2) is 10.3 Å². The van der Waals surface area contributed by atoms with Gasteiger partial charge in [-0.05, 0) is 18.9 Å². The number of H-pyrrole nitrogens is 1. The zero-order chi connectivity index (χ0) is 25.3. The Bertz CT molecular complexity index is 1330. The second-order valence-electron chi connectivity index (χ2n) is 7.82. The lowest BCUT2D eigenvalue weighted by molar-refractivity contribution is -0.145. The Balaban J connectivity index is 1.37. The number of β-lactam (4-membered cyclic amide) rings is 1. The molecule has 0 aliphatic carbocycles.